The molecule has 0 saturated carbocycles. The molecular weight excluding hydrogens is 252 g/mol. The van der Waals surface area contributed by atoms with Gasteiger partial charge in [0.05, 0.1) is 17.8 Å². The molecule has 2 aromatic rings. The Hall–Kier alpha value is -2.51. The van der Waals surface area contributed by atoms with Gasteiger partial charge >= 0.3 is 5.97 Å². The lowest BCUT2D eigenvalue weighted by atomic mass is 10.1. The molecule has 1 aromatic heterocycles. The van der Waals surface area contributed by atoms with Crippen molar-refractivity contribution in [2.75, 3.05) is 20.6 Å². The molecule has 1 heterocycles. The Morgan fingerprint density at radius 3 is 2.55 bits per heavy atom. The maximum Gasteiger partial charge on any atom is 0.337 e. The van der Waals surface area contributed by atoms with Gasteiger partial charge in [0.15, 0.2) is 0 Å². The third-order valence-electron chi connectivity index (χ3n) is 2.75. The lowest BCUT2D eigenvalue weighted by Crippen LogP contribution is -2.11. The molecule has 0 amide bonds. The number of carboxylic acids is 1. The highest BCUT2D eigenvalue weighted by molar-refractivity contribution is 5.93. The summed E-state index contributed by atoms with van der Waals surface area (Å²) < 4.78 is 1.78. The normalized spacial score (nSPS) is 10.2. The molecule has 2 rings (SSSR count). The molecule has 102 valence electrons. The smallest absolute Gasteiger partial charge is 0.337 e. The van der Waals surface area contributed by atoms with Crippen LogP contribution in [0.25, 0.3) is 5.69 Å². The van der Waals surface area contributed by atoms with Crippen molar-refractivity contribution in [1.82, 2.24) is 9.47 Å². The molecule has 0 aliphatic carbocycles. The van der Waals surface area contributed by atoms with Crippen molar-refractivity contribution in [3.63, 3.8) is 0 Å². The molecule has 0 fully saturated rings. The van der Waals surface area contributed by atoms with Crippen molar-refractivity contribution in [3.05, 3.63) is 53.9 Å². The topological polar surface area (TPSA) is 45.5 Å². The van der Waals surface area contributed by atoms with Gasteiger partial charge in [0, 0.05) is 18.0 Å². The number of nitrogens with zero attached hydrogens (tertiary/aromatic N) is 2. The van der Waals surface area contributed by atoms with Crippen molar-refractivity contribution < 1.29 is 9.90 Å². The zero-order valence-electron chi connectivity index (χ0n) is 11.5. The molecule has 0 atom stereocenters. The van der Waals surface area contributed by atoms with Crippen LogP contribution in [0, 0.1) is 11.8 Å². The maximum atomic E-state index is 11.4. The Kier molecular flexibility index (Phi) is 4.24. The van der Waals surface area contributed by atoms with E-state index in [0.717, 1.165) is 0 Å². The van der Waals surface area contributed by atoms with E-state index in [2.05, 4.69) is 11.8 Å². The molecule has 0 spiro atoms. The Bertz CT molecular complexity index is 662. The second kappa shape index (κ2) is 6.09. The number of rotatable bonds is 3. The highest BCUT2D eigenvalue weighted by Crippen LogP contribution is 2.19. The lowest BCUT2D eigenvalue weighted by molar-refractivity contribution is 0.0697. The quantitative estimate of drug-likeness (QED) is 0.867. The first kappa shape index (κ1) is 13.9. The van der Waals surface area contributed by atoms with Crippen LogP contribution in [0.2, 0.25) is 0 Å². The minimum absolute atomic E-state index is 0.248. The number of hydrogen-bond donors (Lipinski definition) is 1. The van der Waals surface area contributed by atoms with E-state index in [9.17, 15) is 9.90 Å². The van der Waals surface area contributed by atoms with E-state index in [1.807, 2.05) is 49.6 Å². The van der Waals surface area contributed by atoms with Crippen LogP contribution in [0.1, 0.15) is 15.9 Å². The third kappa shape index (κ3) is 3.08. The maximum absolute atomic E-state index is 11.4. The van der Waals surface area contributed by atoms with Crippen molar-refractivity contribution in [3.8, 4) is 17.5 Å². The zero-order valence-corrected chi connectivity index (χ0v) is 11.5. The SMILES string of the molecule is CN(C)CC#Cc1cccc(C(=O)O)c1-n1cccc1. The van der Waals surface area contributed by atoms with Gasteiger partial charge in [0.1, 0.15) is 0 Å². The summed E-state index contributed by atoms with van der Waals surface area (Å²) in [6, 6.07) is 8.86. The van der Waals surface area contributed by atoms with Gasteiger partial charge in [-0.05, 0) is 38.4 Å². The standard InChI is InChI=1S/C16H16N2O2/c1-17(2)10-6-8-13-7-5-9-14(16(19)20)15(13)18-11-3-4-12-18/h3-5,7,9,11-12H,10H2,1-2H3,(H,19,20). The van der Waals surface area contributed by atoms with E-state index in [0.29, 0.717) is 17.8 Å². The second-order valence-electron chi connectivity index (χ2n) is 4.64. The number of carbonyl (C=O) groups is 1. The fraction of sp³-hybridized carbons (Fsp3) is 0.188. The Morgan fingerprint density at radius 2 is 1.95 bits per heavy atom. The van der Waals surface area contributed by atoms with Gasteiger partial charge in [-0.1, -0.05) is 17.9 Å². The van der Waals surface area contributed by atoms with Gasteiger partial charge in [0.25, 0.3) is 0 Å². The van der Waals surface area contributed by atoms with E-state index >= 15 is 0 Å². The van der Waals surface area contributed by atoms with Crippen molar-refractivity contribution >= 4 is 5.97 Å². The Morgan fingerprint density at radius 1 is 1.25 bits per heavy atom. The van der Waals surface area contributed by atoms with E-state index < -0.39 is 5.97 Å². The summed E-state index contributed by atoms with van der Waals surface area (Å²) in [7, 11) is 3.88. The van der Waals surface area contributed by atoms with Gasteiger partial charge < -0.3 is 9.67 Å². The van der Waals surface area contributed by atoms with Crippen molar-refractivity contribution in [1.29, 1.82) is 0 Å². The molecule has 0 radical (unpaired) electrons. The van der Waals surface area contributed by atoms with Crippen LogP contribution in [0.4, 0.5) is 0 Å². The Labute approximate surface area is 118 Å². The van der Waals surface area contributed by atoms with Crippen molar-refractivity contribution in [2.24, 2.45) is 0 Å². The van der Waals surface area contributed by atoms with E-state index in [1.54, 1.807) is 16.7 Å². The average molecular weight is 268 g/mol. The molecule has 1 N–H and O–H groups in total. The second-order valence-corrected chi connectivity index (χ2v) is 4.64. The van der Waals surface area contributed by atoms with Crippen LogP contribution in [0.3, 0.4) is 0 Å². The number of carboxylic acid groups (broad SMARTS) is 1. The van der Waals surface area contributed by atoms with Crippen LogP contribution in [-0.2, 0) is 0 Å². The van der Waals surface area contributed by atoms with Gasteiger partial charge in [-0.15, -0.1) is 0 Å². The predicted molar refractivity (Wildman–Crippen MR) is 78.2 cm³/mol. The summed E-state index contributed by atoms with van der Waals surface area (Å²) >= 11 is 0. The number of benzene rings is 1. The minimum atomic E-state index is -0.954. The minimum Gasteiger partial charge on any atom is -0.478 e. The molecule has 0 unspecified atom stereocenters. The van der Waals surface area contributed by atoms with Crippen LogP contribution in [0.5, 0.6) is 0 Å². The van der Waals surface area contributed by atoms with Crippen molar-refractivity contribution in [2.45, 2.75) is 0 Å². The average Bonchev–Trinajstić information content (AvgIpc) is 2.91. The highest BCUT2D eigenvalue weighted by atomic mass is 16.4. The molecule has 0 bridgehead atoms. The van der Waals surface area contributed by atoms with E-state index in [-0.39, 0.29) is 5.56 Å². The lowest BCUT2D eigenvalue weighted by Gasteiger charge is -2.10. The fourth-order valence-corrected chi connectivity index (χ4v) is 1.87. The molecule has 1 aromatic carbocycles. The number of hydrogen-bond acceptors (Lipinski definition) is 2. The van der Waals surface area contributed by atoms with Crippen LogP contribution >= 0.6 is 0 Å². The van der Waals surface area contributed by atoms with Gasteiger partial charge in [0.2, 0.25) is 0 Å². The van der Waals surface area contributed by atoms with Gasteiger partial charge in [-0.3, -0.25) is 4.90 Å². The van der Waals surface area contributed by atoms with Crippen LogP contribution < -0.4 is 0 Å². The van der Waals surface area contributed by atoms with Crippen LogP contribution in [0.15, 0.2) is 42.7 Å². The fourth-order valence-electron chi connectivity index (χ4n) is 1.87. The van der Waals surface area contributed by atoms with E-state index in [1.165, 1.54) is 0 Å². The summed E-state index contributed by atoms with van der Waals surface area (Å²) in [6.45, 7) is 0.627. The first-order valence-corrected chi connectivity index (χ1v) is 6.23. The van der Waals surface area contributed by atoms with Crippen LogP contribution in [-0.4, -0.2) is 41.2 Å². The van der Waals surface area contributed by atoms with Gasteiger partial charge in [-0.25, -0.2) is 4.79 Å². The van der Waals surface area contributed by atoms with Gasteiger partial charge in [-0.2, -0.15) is 0 Å². The molecule has 4 nitrogen and oxygen atoms in total. The molecule has 0 aliphatic heterocycles. The summed E-state index contributed by atoms with van der Waals surface area (Å²) in [5.41, 5.74) is 1.57. The first-order valence-electron chi connectivity index (χ1n) is 6.23. The molecular formula is C16H16N2O2. The summed E-state index contributed by atoms with van der Waals surface area (Å²) in [5.74, 6) is 5.14. The number of aromatic carboxylic acids is 1. The first-order chi connectivity index (χ1) is 9.59. The zero-order chi connectivity index (χ0) is 14.5. The Balaban J connectivity index is 2.53. The molecule has 4 heteroatoms. The summed E-state index contributed by atoms with van der Waals surface area (Å²) in [6.07, 6.45) is 3.64. The number of para-hydroxylation sites is 1. The largest absolute Gasteiger partial charge is 0.478 e. The predicted octanol–water partition coefficient (Wildman–Crippen LogP) is 2.09. The van der Waals surface area contributed by atoms with E-state index in [4.69, 9.17) is 0 Å². The summed E-state index contributed by atoms with van der Waals surface area (Å²) in [5, 5.41) is 9.33. The highest BCUT2D eigenvalue weighted by Gasteiger charge is 2.14. The number of aromatic nitrogens is 1. The molecule has 20 heavy (non-hydrogen) atoms. The monoisotopic (exact) mass is 268 g/mol. The summed E-state index contributed by atoms with van der Waals surface area (Å²) in [4.78, 5) is 13.3. The third-order valence-corrected chi connectivity index (χ3v) is 2.75. The molecule has 0 aliphatic rings. The molecule has 0 saturated heterocycles.